The molecule has 7 rings (SSSR count). The number of hydroxylamine groups is 1. The van der Waals surface area contributed by atoms with Gasteiger partial charge in [-0.3, -0.25) is 29.6 Å². The fraction of sp³-hybridized carbons (Fsp3) is 0.256. The molecular weight excluding hydrogens is 702 g/mol. The fourth-order valence-corrected chi connectivity index (χ4v) is 7.18. The highest BCUT2D eigenvalue weighted by molar-refractivity contribution is 6.40. The van der Waals surface area contributed by atoms with Crippen molar-refractivity contribution in [1.29, 1.82) is 0 Å². The molecule has 0 aliphatic carbocycles. The molecule has 1 fully saturated rings. The van der Waals surface area contributed by atoms with Crippen molar-refractivity contribution in [2.45, 2.75) is 47.8 Å². The number of amidine groups is 1. The fourth-order valence-electron chi connectivity index (χ4n) is 6.81. The first-order chi connectivity index (χ1) is 25.7. The number of hydrogen-bond donors (Lipinski definition) is 4. The monoisotopic (exact) mass is 737 g/mol. The van der Waals surface area contributed by atoms with Crippen molar-refractivity contribution in [3.8, 4) is 0 Å². The highest BCUT2D eigenvalue weighted by Crippen LogP contribution is 2.47. The summed E-state index contributed by atoms with van der Waals surface area (Å²) in [6.45, 7) is -0.569. The van der Waals surface area contributed by atoms with Crippen LogP contribution in [0.15, 0.2) is 131 Å². The second-order valence-corrected chi connectivity index (χ2v) is 13.3. The second-order valence-electron chi connectivity index (χ2n) is 12.7. The van der Waals surface area contributed by atoms with E-state index < -0.39 is 65.4 Å². The lowest BCUT2D eigenvalue weighted by Gasteiger charge is -2.52. The van der Waals surface area contributed by atoms with E-state index in [1.165, 1.54) is 35.5 Å². The number of ether oxygens (including phenoxy) is 1. The molecule has 0 spiro atoms. The van der Waals surface area contributed by atoms with Gasteiger partial charge in [0.1, 0.15) is 18.3 Å². The molecule has 7 atom stereocenters. The average Bonchev–Trinajstić information content (AvgIpc) is 3.73. The molecule has 0 bridgehead atoms. The minimum Gasteiger partial charge on any atom is -0.394 e. The number of nitrogens with zero attached hydrogens (tertiary/aromatic N) is 4. The molecule has 1 amide bonds. The number of aliphatic hydroxyl groups is 3. The molecule has 0 saturated carbocycles. The van der Waals surface area contributed by atoms with Crippen LogP contribution in [0.3, 0.4) is 0 Å². The molecule has 0 radical (unpaired) electrons. The van der Waals surface area contributed by atoms with Gasteiger partial charge in [-0.2, -0.15) is 0 Å². The summed E-state index contributed by atoms with van der Waals surface area (Å²) in [5.41, 5.74) is 1.91. The summed E-state index contributed by atoms with van der Waals surface area (Å²) in [5, 5.41) is 29.5. The Labute approximate surface area is 309 Å². The Morgan fingerprint density at radius 1 is 0.792 bits per heavy atom. The van der Waals surface area contributed by atoms with E-state index in [1.54, 1.807) is 66.7 Å². The summed E-state index contributed by atoms with van der Waals surface area (Å²) in [4.78, 5) is 62.3. The SMILES string of the molecule is O=C(c1ccccc1)N1C2N([C@@H]3O[C@H](CO)C(O)C3O)C=NC2(C(=O)c2ccccc2)C(NOCCc2ccccc2)=NC1(Cl)C(=O)c1ccccc1. The normalized spacial score (nSPS) is 27.6. The van der Waals surface area contributed by atoms with Crippen LogP contribution in [0.1, 0.15) is 36.6 Å². The Hall–Kier alpha value is -5.28. The predicted molar refractivity (Wildman–Crippen MR) is 194 cm³/mol. The minimum absolute atomic E-state index is 0.0835. The van der Waals surface area contributed by atoms with Gasteiger partial charge in [0, 0.05) is 16.7 Å². The molecule has 5 unspecified atom stereocenters. The number of benzene rings is 4. The smallest absolute Gasteiger partial charge is 0.279 e. The zero-order valence-corrected chi connectivity index (χ0v) is 28.9. The summed E-state index contributed by atoms with van der Waals surface area (Å²) in [6, 6.07) is 33.7. The molecule has 53 heavy (non-hydrogen) atoms. The molecule has 4 aromatic rings. The third-order valence-corrected chi connectivity index (χ3v) is 9.94. The number of aliphatic hydroxyl groups excluding tert-OH is 3. The molecule has 1 saturated heterocycles. The van der Waals surface area contributed by atoms with Gasteiger partial charge in [0.15, 0.2) is 18.2 Å². The Bertz CT molecular complexity index is 2010. The van der Waals surface area contributed by atoms with Crippen molar-refractivity contribution in [1.82, 2.24) is 15.3 Å². The summed E-state index contributed by atoms with van der Waals surface area (Å²) in [5.74, 6) is -2.59. The van der Waals surface area contributed by atoms with Gasteiger partial charge in [0.05, 0.1) is 19.6 Å². The van der Waals surface area contributed by atoms with Gasteiger partial charge in [-0.1, -0.05) is 121 Å². The van der Waals surface area contributed by atoms with Crippen LogP contribution in [-0.4, -0.2) is 109 Å². The van der Waals surface area contributed by atoms with Crippen molar-refractivity contribution >= 4 is 41.2 Å². The second kappa shape index (κ2) is 15.0. The highest BCUT2D eigenvalue weighted by Gasteiger charge is 2.69. The lowest BCUT2D eigenvalue weighted by atomic mass is 9.82. The molecule has 14 heteroatoms. The van der Waals surface area contributed by atoms with E-state index in [-0.39, 0.29) is 29.1 Å². The van der Waals surface area contributed by atoms with Crippen molar-refractivity contribution < 1.29 is 39.3 Å². The minimum atomic E-state index is -2.59. The number of fused-ring (bicyclic) bond motifs is 1. The number of carbonyl (C=O) groups excluding carboxylic acids is 3. The van der Waals surface area contributed by atoms with Crippen LogP contribution in [0, 0.1) is 0 Å². The van der Waals surface area contributed by atoms with Crippen LogP contribution in [0.2, 0.25) is 0 Å². The third-order valence-electron chi connectivity index (χ3n) is 9.50. The van der Waals surface area contributed by atoms with E-state index in [2.05, 4.69) is 5.48 Å². The summed E-state index contributed by atoms with van der Waals surface area (Å²) >= 11 is 7.43. The van der Waals surface area contributed by atoms with E-state index in [0.29, 0.717) is 6.42 Å². The molecule has 3 aliphatic heterocycles. The molecule has 3 heterocycles. The van der Waals surface area contributed by atoms with E-state index in [0.717, 1.165) is 10.5 Å². The Morgan fingerprint density at radius 3 is 1.91 bits per heavy atom. The van der Waals surface area contributed by atoms with Crippen molar-refractivity contribution in [2.75, 3.05) is 13.2 Å². The molecule has 4 N–H and O–H groups in total. The number of alkyl halides is 1. The Balaban J connectivity index is 1.44. The largest absolute Gasteiger partial charge is 0.394 e. The van der Waals surface area contributed by atoms with Gasteiger partial charge < -0.3 is 25.0 Å². The zero-order chi connectivity index (χ0) is 37.2. The number of Topliss-reactive ketones (excluding diaryl/α,β-unsaturated/α-hetero) is 2. The number of hydrogen-bond acceptors (Lipinski definition) is 12. The van der Waals surface area contributed by atoms with Crippen LogP contribution in [0.4, 0.5) is 0 Å². The number of halogens is 1. The summed E-state index contributed by atoms with van der Waals surface area (Å²) < 4.78 is 5.94. The van der Waals surface area contributed by atoms with Crippen LogP contribution >= 0.6 is 11.6 Å². The van der Waals surface area contributed by atoms with Gasteiger partial charge in [-0.15, -0.1) is 0 Å². The molecule has 4 aromatic carbocycles. The van der Waals surface area contributed by atoms with Crippen LogP contribution in [0.25, 0.3) is 0 Å². The molecule has 272 valence electrons. The average molecular weight is 738 g/mol. The first-order valence-corrected chi connectivity index (χ1v) is 17.3. The number of ketones is 2. The lowest BCUT2D eigenvalue weighted by Crippen LogP contribution is -2.76. The zero-order valence-electron chi connectivity index (χ0n) is 28.2. The summed E-state index contributed by atoms with van der Waals surface area (Å²) in [7, 11) is 0. The number of aliphatic imine (C=N–C) groups is 2. The number of rotatable bonds is 11. The maximum Gasteiger partial charge on any atom is 0.279 e. The predicted octanol–water partition coefficient (Wildman–Crippen LogP) is 2.81. The van der Waals surface area contributed by atoms with E-state index >= 15 is 4.79 Å². The molecular formula is C39H36ClN5O8. The Morgan fingerprint density at radius 2 is 1.34 bits per heavy atom. The quantitative estimate of drug-likeness (QED) is 0.0590. The first-order valence-electron chi connectivity index (χ1n) is 17.0. The van der Waals surface area contributed by atoms with Crippen LogP contribution < -0.4 is 5.48 Å². The van der Waals surface area contributed by atoms with Gasteiger partial charge in [-0.05, 0) is 24.1 Å². The lowest BCUT2D eigenvalue weighted by molar-refractivity contribution is -0.106. The Kier molecular flexibility index (Phi) is 10.2. The van der Waals surface area contributed by atoms with Crippen LogP contribution in [-0.2, 0) is 16.0 Å². The molecule has 0 aromatic heterocycles. The standard InChI is InChI=1S/C39H36ClN5O8/c40-39(33(50)27-17-9-3-10-18-27)42-36(43-52-22-21-25-13-5-1-6-14-25)38(32(49)26-15-7-2-8-16-26)37(45(39)34(51)28-19-11-4-12-20-28)44(24-41-38)35-31(48)30(47)29(23-46)53-35/h1-20,24,29-31,35,37,46-48H,21-23H2,(H,42,43)/t29-,30?,31?,35-,37?,38?,39?/m1/s1. The van der Waals surface area contributed by atoms with Crippen LogP contribution in [0.5, 0.6) is 0 Å². The molecule has 13 nitrogen and oxygen atoms in total. The maximum atomic E-state index is 15.1. The van der Waals surface area contributed by atoms with Gasteiger partial charge in [0.2, 0.25) is 17.1 Å². The third kappa shape index (κ3) is 6.41. The maximum absolute atomic E-state index is 15.1. The van der Waals surface area contributed by atoms with E-state index in [9.17, 15) is 24.9 Å². The van der Waals surface area contributed by atoms with Gasteiger partial charge in [0.25, 0.3) is 11.0 Å². The van der Waals surface area contributed by atoms with E-state index in [1.807, 2.05) is 30.3 Å². The number of carbonyl (C=O) groups is 3. The number of amides is 1. The van der Waals surface area contributed by atoms with Gasteiger partial charge >= 0.3 is 0 Å². The van der Waals surface area contributed by atoms with Gasteiger partial charge in [-0.25, -0.2) is 9.98 Å². The van der Waals surface area contributed by atoms with E-state index in [4.69, 9.17) is 31.2 Å². The van der Waals surface area contributed by atoms with Crippen molar-refractivity contribution in [3.05, 3.63) is 144 Å². The number of nitrogens with one attached hydrogen (secondary N) is 1. The topological polar surface area (TPSA) is 174 Å². The first kappa shape index (κ1) is 36.1. The molecule has 3 aliphatic rings. The summed E-state index contributed by atoms with van der Waals surface area (Å²) in [6.07, 6.45) is -5.97. The van der Waals surface area contributed by atoms with Crippen molar-refractivity contribution in [2.24, 2.45) is 9.98 Å². The van der Waals surface area contributed by atoms with Crippen molar-refractivity contribution in [3.63, 3.8) is 0 Å². The highest BCUT2D eigenvalue weighted by atomic mass is 35.5.